The SMILES string of the molecule is CCOC1CC(NCC2CCC3(CCCCC3)O2)C1. The molecule has 0 aromatic carbocycles. The van der Waals surface area contributed by atoms with Crippen molar-refractivity contribution >= 4 is 0 Å². The molecule has 1 unspecified atom stereocenters. The van der Waals surface area contributed by atoms with E-state index in [2.05, 4.69) is 12.2 Å². The molecular formula is C16H29NO2. The van der Waals surface area contributed by atoms with Crippen molar-refractivity contribution in [1.82, 2.24) is 5.32 Å². The minimum Gasteiger partial charge on any atom is -0.378 e. The van der Waals surface area contributed by atoms with Gasteiger partial charge in [-0.15, -0.1) is 0 Å². The van der Waals surface area contributed by atoms with E-state index < -0.39 is 0 Å². The third kappa shape index (κ3) is 3.32. The molecule has 0 aromatic heterocycles. The van der Waals surface area contributed by atoms with Crippen LogP contribution < -0.4 is 5.32 Å². The quantitative estimate of drug-likeness (QED) is 0.830. The topological polar surface area (TPSA) is 30.5 Å². The summed E-state index contributed by atoms with van der Waals surface area (Å²) in [5.74, 6) is 0. The van der Waals surface area contributed by atoms with Crippen molar-refractivity contribution in [2.75, 3.05) is 13.2 Å². The first-order valence-electron chi connectivity index (χ1n) is 8.32. The molecule has 0 amide bonds. The van der Waals surface area contributed by atoms with Crippen LogP contribution in [-0.2, 0) is 9.47 Å². The third-order valence-electron chi connectivity index (χ3n) is 5.23. The Morgan fingerprint density at radius 1 is 1.16 bits per heavy atom. The average Bonchev–Trinajstić information content (AvgIpc) is 2.76. The molecule has 3 aliphatic rings. The maximum absolute atomic E-state index is 6.39. The molecule has 1 heterocycles. The van der Waals surface area contributed by atoms with Gasteiger partial charge in [0.25, 0.3) is 0 Å². The van der Waals surface area contributed by atoms with Crippen LogP contribution in [0.4, 0.5) is 0 Å². The molecule has 110 valence electrons. The second kappa shape index (κ2) is 6.11. The van der Waals surface area contributed by atoms with Gasteiger partial charge in [0.05, 0.1) is 17.8 Å². The molecule has 0 aromatic rings. The first-order valence-corrected chi connectivity index (χ1v) is 8.32. The Morgan fingerprint density at radius 3 is 2.68 bits per heavy atom. The van der Waals surface area contributed by atoms with Crippen LogP contribution in [0.1, 0.15) is 64.7 Å². The van der Waals surface area contributed by atoms with Crippen LogP contribution in [0.15, 0.2) is 0 Å². The molecule has 3 nitrogen and oxygen atoms in total. The van der Waals surface area contributed by atoms with Crippen LogP contribution in [0.5, 0.6) is 0 Å². The van der Waals surface area contributed by atoms with E-state index in [-0.39, 0.29) is 5.60 Å². The monoisotopic (exact) mass is 267 g/mol. The van der Waals surface area contributed by atoms with E-state index in [0.717, 1.165) is 13.2 Å². The zero-order chi connectivity index (χ0) is 13.1. The number of nitrogens with one attached hydrogen (secondary N) is 1. The minimum absolute atomic E-state index is 0.276. The van der Waals surface area contributed by atoms with Gasteiger partial charge in [-0.05, 0) is 45.4 Å². The highest BCUT2D eigenvalue weighted by molar-refractivity contribution is 4.93. The molecule has 3 heteroatoms. The molecule has 19 heavy (non-hydrogen) atoms. The fraction of sp³-hybridized carbons (Fsp3) is 1.00. The van der Waals surface area contributed by atoms with Crippen molar-refractivity contribution in [3.8, 4) is 0 Å². The van der Waals surface area contributed by atoms with Gasteiger partial charge in [0.1, 0.15) is 0 Å². The van der Waals surface area contributed by atoms with Crippen molar-refractivity contribution < 1.29 is 9.47 Å². The first-order chi connectivity index (χ1) is 9.30. The van der Waals surface area contributed by atoms with Crippen LogP contribution in [0.25, 0.3) is 0 Å². The van der Waals surface area contributed by atoms with E-state index >= 15 is 0 Å². The molecule has 1 aliphatic heterocycles. The Labute approximate surface area is 117 Å². The van der Waals surface area contributed by atoms with Crippen LogP contribution in [0, 0.1) is 0 Å². The normalized spacial score (nSPS) is 37.4. The molecule has 1 N–H and O–H groups in total. The van der Waals surface area contributed by atoms with Crippen LogP contribution in [0.2, 0.25) is 0 Å². The Balaban J connectivity index is 1.34. The summed E-state index contributed by atoms with van der Waals surface area (Å²) in [4.78, 5) is 0. The standard InChI is InChI=1S/C16H29NO2/c1-2-18-15-10-13(11-15)17-12-14-6-9-16(19-14)7-4-3-5-8-16/h13-15,17H,2-12H2,1H3. The van der Waals surface area contributed by atoms with Crippen molar-refractivity contribution in [3.05, 3.63) is 0 Å². The van der Waals surface area contributed by atoms with E-state index in [1.54, 1.807) is 0 Å². The zero-order valence-electron chi connectivity index (χ0n) is 12.3. The van der Waals surface area contributed by atoms with Gasteiger partial charge in [-0.25, -0.2) is 0 Å². The van der Waals surface area contributed by atoms with Crippen LogP contribution in [-0.4, -0.2) is 37.0 Å². The van der Waals surface area contributed by atoms with Gasteiger partial charge in [-0.2, -0.15) is 0 Å². The summed E-state index contributed by atoms with van der Waals surface area (Å²) in [6.45, 7) is 3.98. The second-order valence-corrected chi connectivity index (χ2v) is 6.68. The Morgan fingerprint density at radius 2 is 1.95 bits per heavy atom. The smallest absolute Gasteiger partial charge is 0.0708 e. The third-order valence-corrected chi connectivity index (χ3v) is 5.23. The highest BCUT2D eigenvalue weighted by Crippen LogP contribution is 2.41. The molecule has 0 bridgehead atoms. The van der Waals surface area contributed by atoms with Crippen molar-refractivity contribution in [2.45, 2.75) is 88.6 Å². The Kier molecular flexibility index (Phi) is 4.45. The van der Waals surface area contributed by atoms with Gasteiger partial charge < -0.3 is 14.8 Å². The van der Waals surface area contributed by atoms with Gasteiger partial charge in [-0.3, -0.25) is 0 Å². The molecule has 3 rings (SSSR count). The minimum atomic E-state index is 0.276. The highest BCUT2D eigenvalue weighted by Gasteiger charge is 2.41. The molecule has 1 atom stereocenters. The van der Waals surface area contributed by atoms with Gasteiger partial charge in [-0.1, -0.05) is 19.3 Å². The number of rotatable bonds is 5. The number of ether oxygens (including phenoxy) is 2. The van der Waals surface area contributed by atoms with Gasteiger partial charge >= 0.3 is 0 Å². The largest absolute Gasteiger partial charge is 0.378 e. The van der Waals surface area contributed by atoms with E-state index in [4.69, 9.17) is 9.47 Å². The summed E-state index contributed by atoms with van der Waals surface area (Å²) in [5.41, 5.74) is 0.276. The molecular weight excluding hydrogens is 238 g/mol. The zero-order valence-corrected chi connectivity index (χ0v) is 12.3. The molecule has 0 radical (unpaired) electrons. The summed E-state index contributed by atoms with van der Waals surface area (Å²) in [6.07, 6.45) is 12.7. The van der Waals surface area contributed by atoms with Crippen molar-refractivity contribution in [1.29, 1.82) is 0 Å². The maximum Gasteiger partial charge on any atom is 0.0708 e. The Bertz CT molecular complexity index is 282. The van der Waals surface area contributed by atoms with E-state index in [0.29, 0.717) is 18.2 Å². The van der Waals surface area contributed by atoms with Crippen molar-refractivity contribution in [2.24, 2.45) is 0 Å². The van der Waals surface area contributed by atoms with Gasteiger partial charge in [0.15, 0.2) is 0 Å². The predicted octanol–water partition coefficient (Wildman–Crippen LogP) is 3.03. The summed E-state index contributed by atoms with van der Waals surface area (Å²) in [7, 11) is 0. The molecule has 1 saturated heterocycles. The van der Waals surface area contributed by atoms with Crippen LogP contribution in [0.3, 0.4) is 0 Å². The summed E-state index contributed by atoms with van der Waals surface area (Å²) in [6, 6.07) is 0.669. The summed E-state index contributed by atoms with van der Waals surface area (Å²) in [5, 5.41) is 3.67. The van der Waals surface area contributed by atoms with Gasteiger partial charge in [0, 0.05) is 19.2 Å². The molecule has 2 aliphatic carbocycles. The number of hydrogen-bond acceptors (Lipinski definition) is 3. The lowest BCUT2D eigenvalue weighted by Gasteiger charge is -2.37. The molecule has 1 spiro atoms. The van der Waals surface area contributed by atoms with Crippen molar-refractivity contribution in [3.63, 3.8) is 0 Å². The highest BCUT2D eigenvalue weighted by atomic mass is 16.5. The van der Waals surface area contributed by atoms with E-state index in [1.165, 1.54) is 57.8 Å². The first kappa shape index (κ1) is 13.8. The lowest BCUT2D eigenvalue weighted by atomic mass is 9.83. The molecule has 2 saturated carbocycles. The lowest BCUT2D eigenvalue weighted by Crippen LogP contribution is -2.48. The fourth-order valence-electron chi connectivity index (χ4n) is 4.01. The average molecular weight is 267 g/mol. The second-order valence-electron chi connectivity index (χ2n) is 6.68. The van der Waals surface area contributed by atoms with E-state index in [9.17, 15) is 0 Å². The van der Waals surface area contributed by atoms with Crippen LogP contribution >= 0.6 is 0 Å². The molecule has 3 fully saturated rings. The van der Waals surface area contributed by atoms with Gasteiger partial charge in [0.2, 0.25) is 0 Å². The summed E-state index contributed by atoms with van der Waals surface area (Å²) < 4.78 is 12.0. The fourth-order valence-corrected chi connectivity index (χ4v) is 4.01. The summed E-state index contributed by atoms with van der Waals surface area (Å²) >= 11 is 0. The lowest BCUT2D eigenvalue weighted by molar-refractivity contribution is -0.0665. The predicted molar refractivity (Wildman–Crippen MR) is 76.4 cm³/mol. The van der Waals surface area contributed by atoms with E-state index in [1.807, 2.05) is 0 Å². The number of hydrogen-bond donors (Lipinski definition) is 1. The Hall–Kier alpha value is -0.120. The maximum atomic E-state index is 6.39.